The minimum absolute atomic E-state index is 0.553. The maximum Gasteiger partial charge on any atom is 0.151 e. The Bertz CT molecular complexity index is 684. The second-order valence-electron chi connectivity index (χ2n) is 7.16. The SMILES string of the molecule is CCCCc1nc(N)c2[nH]cc(CCCCCN3CC[C@H](F)C3)c2n1. The maximum absolute atomic E-state index is 13.2. The average Bonchev–Trinajstić information content (AvgIpc) is 3.19. The van der Waals surface area contributed by atoms with Crippen LogP contribution in [-0.2, 0) is 12.8 Å². The fourth-order valence-corrected chi connectivity index (χ4v) is 3.58. The van der Waals surface area contributed by atoms with Crippen LogP contribution in [0.3, 0.4) is 0 Å². The number of alkyl halides is 1. The Hall–Kier alpha value is -1.69. The highest BCUT2D eigenvalue weighted by Gasteiger charge is 2.20. The number of hydrogen-bond donors (Lipinski definition) is 2. The molecule has 0 aliphatic carbocycles. The third-order valence-corrected chi connectivity index (χ3v) is 5.07. The molecule has 1 aliphatic heterocycles. The largest absolute Gasteiger partial charge is 0.382 e. The van der Waals surface area contributed by atoms with Crippen LogP contribution in [0.4, 0.5) is 10.2 Å². The van der Waals surface area contributed by atoms with Crippen LogP contribution in [0, 0.1) is 0 Å². The predicted molar refractivity (Wildman–Crippen MR) is 100 cm³/mol. The fraction of sp³-hybridized carbons (Fsp3) is 0.684. The highest BCUT2D eigenvalue weighted by atomic mass is 19.1. The van der Waals surface area contributed by atoms with Gasteiger partial charge in [0.05, 0.1) is 5.52 Å². The Morgan fingerprint density at radius 2 is 2.12 bits per heavy atom. The quantitative estimate of drug-likeness (QED) is 0.680. The first-order valence-corrected chi connectivity index (χ1v) is 9.66. The summed E-state index contributed by atoms with van der Waals surface area (Å²) in [5.74, 6) is 1.40. The van der Waals surface area contributed by atoms with Crippen LogP contribution in [0.2, 0.25) is 0 Å². The molecule has 0 aromatic carbocycles. The normalized spacial score (nSPS) is 18.4. The topological polar surface area (TPSA) is 70.8 Å². The molecular formula is C19H30FN5. The van der Waals surface area contributed by atoms with E-state index in [4.69, 9.17) is 10.7 Å². The van der Waals surface area contributed by atoms with Gasteiger partial charge >= 0.3 is 0 Å². The summed E-state index contributed by atoms with van der Waals surface area (Å²) < 4.78 is 13.2. The van der Waals surface area contributed by atoms with Crippen molar-refractivity contribution in [2.24, 2.45) is 0 Å². The van der Waals surface area contributed by atoms with Gasteiger partial charge < -0.3 is 15.6 Å². The summed E-state index contributed by atoms with van der Waals surface area (Å²) in [6, 6.07) is 0. The van der Waals surface area contributed by atoms with Crippen molar-refractivity contribution < 1.29 is 4.39 Å². The lowest BCUT2D eigenvalue weighted by molar-refractivity contribution is 0.283. The number of hydrogen-bond acceptors (Lipinski definition) is 4. The van der Waals surface area contributed by atoms with E-state index in [1.165, 1.54) is 5.56 Å². The maximum atomic E-state index is 13.2. The minimum Gasteiger partial charge on any atom is -0.382 e. The van der Waals surface area contributed by atoms with E-state index in [9.17, 15) is 4.39 Å². The van der Waals surface area contributed by atoms with E-state index in [-0.39, 0.29) is 0 Å². The van der Waals surface area contributed by atoms with Crippen LogP contribution in [0.25, 0.3) is 11.0 Å². The number of aryl methyl sites for hydroxylation is 2. The van der Waals surface area contributed by atoms with Gasteiger partial charge in [0.25, 0.3) is 0 Å². The van der Waals surface area contributed by atoms with Crippen molar-refractivity contribution in [3.63, 3.8) is 0 Å². The van der Waals surface area contributed by atoms with Gasteiger partial charge in [-0.2, -0.15) is 0 Å². The standard InChI is InChI=1S/C19H30FN5/c1-2-3-8-16-23-17-14(12-22-18(17)19(21)24-16)7-5-4-6-10-25-11-9-15(20)13-25/h12,15,22H,2-11,13H2,1H3,(H2,21,23,24)/t15-/m0/s1. The molecule has 1 fully saturated rings. The highest BCUT2D eigenvalue weighted by molar-refractivity contribution is 5.87. The van der Waals surface area contributed by atoms with Crippen molar-refractivity contribution in [3.05, 3.63) is 17.6 Å². The van der Waals surface area contributed by atoms with Crippen LogP contribution in [0.5, 0.6) is 0 Å². The molecule has 1 aliphatic rings. The smallest absolute Gasteiger partial charge is 0.151 e. The lowest BCUT2D eigenvalue weighted by Gasteiger charge is -2.13. The Labute approximate surface area is 149 Å². The molecule has 138 valence electrons. The van der Waals surface area contributed by atoms with Crippen molar-refractivity contribution in [2.75, 3.05) is 25.4 Å². The summed E-state index contributed by atoms with van der Waals surface area (Å²) in [6.07, 6.45) is 9.61. The van der Waals surface area contributed by atoms with Gasteiger partial charge in [-0.1, -0.05) is 19.8 Å². The van der Waals surface area contributed by atoms with E-state index in [1.54, 1.807) is 0 Å². The summed E-state index contributed by atoms with van der Waals surface area (Å²) in [6.45, 7) is 4.73. The number of likely N-dealkylation sites (tertiary alicyclic amines) is 1. The van der Waals surface area contributed by atoms with Crippen molar-refractivity contribution in [2.45, 2.75) is 64.5 Å². The minimum atomic E-state index is -0.613. The van der Waals surface area contributed by atoms with Gasteiger partial charge in [0.1, 0.15) is 17.5 Å². The van der Waals surface area contributed by atoms with Crippen LogP contribution in [-0.4, -0.2) is 45.7 Å². The van der Waals surface area contributed by atoms with Crippen LogP contribution in [0.1, 0.15) is 56.8 Å². The van der Waals surface area contributed by atoms with Crippen LogP contribution in [0.15, 0.2) is 6.20 Å². The van der Waals surface area contributed by atoms with Gasteiger partial charge in [0.2, 0.25) is 0 Å². The summed E-state index contributed by atoms with van der Waals surface area (Å²) in [7, 11) is 0. The average molecular weight is 347 g/mol. The van der Waals surface area contributed by atoms with E-state index >= 15 is 0 Å². The first kappa shape index (κ1) is 18.1. The number of nitrogens with one attached hydrogen (secondary N) is 1. The summed E-state index contributed by atoms with van der Waals surface area (Å²) in [5.41, 5.74) is 9.16. The lowest BCUT2D eigenvalue weighted by Crippen LogP contribution is -2.22. The number of nitrogens with zero attached hydrogens (tertiary/aromatic N) is 3. The van der Waals surface area contributed by atoms with E-state index < -0.39 is 6.17 Å². The van der Waals surface area contributed by atoms with Crippen molar-refractivity contribution >= 4 is 16.9 Å². The van der Waals surface area contributed by atoms with Gasteiger partial charge in [0.15, 0.2) is 5.82 Å². The van der Waals surface area contributed by atoms with Gasteiger partial charge in [-0.3, -0.25) is 0 Å². The molecule has 3 heterocycles. The van der Waals surface area contributed by atoms with Gasteiger partial charge in [-0.05, 0) is 44.2 Å². The van der Waals surface area contributed by atoms with Crippen LogP contribution < -0.4 is 5.73 Å². The summed E-state index contributed by atoms with van der Waals surface area (Å²) >= 11 is 0. The highest BCUT2D eigenvalue weighted by Crippen LogP contribution is 2.23. The molecule has 0 radical (unpaired) electrons. The zero-order chi connectivity index (χ0) is 17.6. The first-order valence-electron chi connectivity index (χ1n) is 9.66. The molecule has 3 rings (SSSR count). The molecule has 2 aromatic heterocycles. The molecule has 1 atom stereocenters. The third-order valence-electron chi connectivity index (χ3n) is 5.07. The number of aromatic amines is 1. The third kappa shape index (κ3) is 4.69. The molecule has 0 unspecified atom stereocenters. The number of aromatic nitrogens is 3. The van der Waals surface area contributed by atoms with Crippen molar-refractivity contribution in [1.29, 1.82) is 0 Å². The Morgan fingerprint density at radius 3 is 2.88 bits per heavy atom. The van der Waals surface area contributed by atoms with Gasteiger partial charge in [0, 0.05) is 25.7 Å². The second-order valence-corrected chi connectivity index (χ2v) is 7.16. The number of H-pyrrole nitrogens is 1. The lowest BCUT2D eigenvalue weighted by atomic mass is 10.1. The number of unbranched alkanes of at least 4 members (excludes halogenated alkanes) is 3. The molecule has 0 amide bonds. The molecule has 3 N–H and O–H groups in total. The number of fused-ring (bicyclic) bond motifs is 1. The van der Waals surface area contributed by atoms with E-state index in [1.807, 2.05) is 6.20 Å². The zero-order valence-corrected chi connectivity index (χ0v) is 15.2. The first-order chi connectivity index (χ1) is 12.2. The number of nitrogen functional groups attached to an aromatic ring is 1. The molecule has 0 bridgehead atoms. The van der Waals surface area contributed by atoms with E-state index in [0.29, 0.717) is 18.8 Å². The summed E-state index contributed by atoms with van der Waals surface area (Å²) in [5, 5.41) is 0. The predicted octanol–water partition coefficient (Wildman–Crippen LogP) is 3.64. The molecule has 2 aromatic rings. The molecule has 25 heavy (non-hydrogen) atoms. The van der Waals surface area contributed by atoms with Crippen molar-refractivity contribution in [3.8, 4) is 0 Å². The molecule has 0 spiro atoms. The number of halogens is 1. The number of rotatable bonds is 9. The molecule has 6 heteroatoms. The molecule has 0 saturated carbocycles. The van der Waals surface area contributed by atoms with E-state index in [2.05, 4.69) is 21.8 Å². The monoisotopic (exact) mass is 347 g/mol. The van der Waals surface area contributed by atoms with Gasteiger partial charge in [-0.25, -0.2) is 14.4 Å². The second kappa shape index (κ2) is 8.61. The fourth-order valence-electron chi connectivity index (χ4n) is 3.58. The van der Waals surface area contributed by atoms with Crippen LogP contribution >= 0.6 is 0 Å². The van der Waals surface area contributed by atoms with Crippen molar-refractivity contribution in [1.82, 2.24) is 19.9 Å². The molecule has 1 saturated heterocycles. The Balaban J connectivity index is 1.51. The Kier molecular flexibility index (Phi) is 6.24. The number of nitrogens with two attached hydrogens (primary N) is 1. The molecular weight excluding hydrogens is 317 g/mol. The van der Waals surface area contributed by atoms with Gasteiger partial charge in [-0.15, -0.1) is 0 Å². The summed E-state index contributed by atoms with van der Waals surface area (Å²) in [4.78, 5) is 14.6. The zero-order valence-electron chi connectivity index (χ0n) is 15.2. The molecule has 5 nitrogen and oxygen atoms in total. The Morgan fingerprint density at radius 1 is 1.24 bits per heavy atom. The van der Waals surface area contributed by atoms with E-state index in [0.717, 1.165) is 74.9 Å². The number of anilines is 1.